The van der Waals surface area contributed by atoms with Crippen LogP contribution in [0.2, 0.25) is 0 Å². The lowest BCUT2D eigenvalue weighted by Gasteiger charge is -2.29. The molecule has 1 fully saturated rings. The van der Waals surface area contributed by atoms with Crippen molar-refractivity contribution in [2.24, 2.45) is 10.4 Å². The van der Waals surface area contributed by atoms with Crippen molar-refractivity contribution in [3.63, 3.8) is 0 Å². The topological polar surface area (TPSA) is 66.0 Å². The summed E-state index contributed by atoms with van der Waals surface area (Å²) in [5, 5.41) is 6.54. The summed E-state index contributed by atoms with van der Waals surface area (Å²) in [5.74, 6) is 1.00. The molecule has 1 aliphatic rings. The normalized spacial score (nSPS) is 17.4. The van der Waals surface area contributed by atoms with E-state index in [-0.39, 0.29) is 11.3 Å². The van der Waals surface area contributed by atoms with Gasteiger partial charge in [0.2, 0.25) is 5.91 Å². The number of ether oxygens (including phenoxy) is 1. The van der Waals surface area contributed by atoms with Crippen molar-refractivity contribution in [1.82, 2.24) is 15.5 Å². The van der Waals surface area contributed by atoms with Crippen LogP contribution in [0.4, 0.5) is 0 Å². The second kappa shape index (κ2) is 9.66. The van der Waals surface area contributed by atoms with Gasteiger partial charge in [0.15, 0.2) is 5.96 Å². The lowest BCUT2D eigenvalue weighted by Crippen LogP contribution is -2.43. The zero-order valence-corrected chi connectivity index (χ0v) is 14.6. The second-order valence-electron chi connectivity index (χ2n) is 6.16. The van der Waals surface area contributed by atoms with Crippen molar-refractivity contribution in [3.05, 3.63) is 0 Å². The number of hydrogen-bond donors (Lipinski definition) is 2. The van der Waals surface area contributed by atoms with E-state index in [9.17, 15) is 4.79 Å². The first-order valence-electron chi connectivity index (χ1n) is 8.28. The smallest absolute Gasteiger partial charge is 0.230 e. The fourth-order valence-corrected chi connectivity index (χ4v) is 2.96. The molecule has 0 bridgehead atoms. The first-order chi connectivity index (χ1) is 10.6. The van der Waals surface area contributed by atoms with Gasteiger partial charge in [-0.25, -0.2) is 0 Å². The summed E-state index contributed by atoms with van der Waals surface area (Å²) in [7, 11) is 5.37. The summed E-state index contributed by atoms with van der Waals surface area (Å²) in [4.78, 5) is 18.9. The van der Waals surface area contributed by atoms with Gasteiger partial charge < -0.3 is 20.3 Å². The van der Waals surface area contributed by atoms with Crippen molar-refractivity contribution in [1.29, 1.82) is 0 Å². The summed E-state index contributed by atoms with van der Waals surface area (Å²) < 4.78 is 5.05. The molecule has 0 saturated heterocycles. The highest BCUT2D eigenvalue weighted by Gasteiger charge is 2.41. The molecule has 2 N–H and O–H groups in total. The molecule has 1 aliphatic carbocycles. The predicted molar refractivity (Wildman–Crippen MR) is 90.1 cm³/mol. The molecule has 1 amide bonds. The van der Waals surface area contributed by atoms with E-state index in [1.165, 1.54) is 0 Å². The number of hydrogen-bond acceptors (Lipinski definition) is 3. The Bertz CT molecular complexity index is 363. The standard InChI is InChI=1S/C16H32N4O2/c1-5-17-15(18-11-8-12-22-4)19-13-16(9-6-7-10-16)14(21)20(2)3/h5-13H2,1-4H3,(H2,17,18,19). The van der Waals surface area contributed by atoms with Gasteiger partial charge >= 0.3 is 0 Å². The zero-order valence-electron chi connectivity index (χ0n) is 14.6. The van der Waals surface area contributed by atoms with E-state index in [4.69, 9.17) is 4.74 Å². The third-order valence-corrected chi connectivity index (χ3v) is 4.12. The number of carbonyl (C=O) groups is 1. The molecule has 0 spiro atoms. The lowest BCUT2D eigenvalue weighted by molar-refractivity contribution is -0.138. The van der Waals surface area contributed by atoms with E-state index in [1.54, 1.807) is 12.0 Å². The third kappa shape index (κ3) is 5.48. The molecule has 0 aromatic rings. The highest BCUT2D eigenvalue weighted by atomic mass is 16.5. The van der Waals surface area contributed by atoms with E-state index in [1.807, 2.05) is 21.0 Å². The number of rotatable bonds is 8. The van der Waals surface area contributed by atoms with Gasteiger partial charge in [0.25, 0.3) is 0 Å². The fourth-order valence-electron chi connectivity index (χ4n) is 2.96. The molecule has 0 aromatic heterocycles. The van der Waals surface area contributed by atoms with Crippen molar-refractivity contribution in [2.45, 2.75) is 39.0 Å². The van der Waals surface area contributed by atoms with Crippen molar-refractivity contribution < 1.29 is 9.53 Å². The van der Waals surface area contributed by atoms with Crippen LogP contribution < -0.4 is 10.6 Å². The molecule has 22 heavy (non-hydrogen) atoms. The molecular formula is C16H32N4O2. The van der Waals surface area contributed by atoms with Gasteiger partial charge in [-0.05, 0) is 26.2 Å². The number of methoxy groups -OCH3 is 1. The summed E-state index contributed by atoms with van der Waals surface area (Å²) in [5.41, 5.74) is -0.307. The average Bonchev–Trinajstić information content (AvgIpc) is 2.98. The Kier molecular flexibility index (Phi) is 8.24. The fraction of sp³-hybridized carbons (Fsp3) is 0.875. The summed E-state index contributed by atoms with van der Waals surface area (Å²) in [6.07, 6.45) is 5.05. The van der Waals surface area contributed by atoms with E-state index < -0.39 is 0 Å². The van der Waals surface area contributed by atoms with Crippen molar-refractivity contribution in [3.8, 4) is 0 Å². The molecule has 1 rings (SSSR count). The van der Waals surface area contributed by atoms with Crippen LogP contribution in [0.25, 0.3) is 0 Å². The number of nitrogens with one attached hydrogen (secondary N) is 2. The molecule has 0 aliphatic heterocycles. The van der Waals surface area contributed by atoms with Gasteiger partial charge in [-0.15, -0.1) is 0 Å². The third-order valence-electron chi connectivity index (χ3n) is 4.12. The van der Waals surface area contributed by atoms with Crippen molar-refractivity contribution in [2.75, 3.05) is 47.4 Å². The Labute approximate surface area is 134 Å². The maximum Gasteiger partial charge on any atom is 0.230 e. The van der Waals surface area contributed by atoms with Crippen molar-refractivity contribution >= 4 is 11.9 Å². The number of nitrogens with zero attached hydrogens (tertiary/aromatic N) is 2. The minimum absolute atomic E-state index is 0.212. The van der Waals surface area contributed by atoms with Gasteiger partial charge in [-0.1, -0.05) is 12.8 Å². The Hall–Kier alpha value is -1.30. The van der Waals surface area contributed by atoms with Gasteiger partial charge in [0, 0.05) is 40.9 Å². The molecule has 0 atom stereocenters. The SMILES string of the molecule is CCNC(=NCC1(C(=O)N(C)C)CCCC1)NCCCOC. The van der Waals surface area contributed by atoms with E-state index in [0.717, 1.165) is 57.8 Å². The molecule has 6 heteroatoms. The quantitative estimate of drug-likeness (QED) is 0.402. The Morgan fingerprint density at radius 2 is 1.95 bits per heavy atom. The van der Waals surface area contributed by atoms with E-state index >= 15 is 0 Å². The summed E-state index contributed by atoms with van der Waals surface area (Å²) in [6, 6.07) is 0. The van der Waals surface area contributed by atoms with Gasteiger partial charge in [0.05, 0.1) is 12.0 Å². The van der Waals surface area contributed by atoms with E-state index in [2.05, 4.69) is 15.6 Å². The Morgan fingerprint density at radius 1 is 1.27 bits per heavy atom. The molecule has 128 valence electrons. The molecule has 6 nitrogen and oxygen atoms in total. The monoisotopic (exact) mass is 312 g/mol. The largest absolute Gasteiger partial charge is 0.385 e. The molecule has 0 heterocycles. The maximum atomic E-state index is 12.5. The van der Waals surface area contributed by atoms with E-state index in [0.29, 0.717) is 6.54 Å². The van der Waals surface area contributed by atoms with Crippen LogP contribution in [0.15, 0.2) is 4.99 Å². The van der Waals surface area contributed by atoms with Crippen LogP contribution in [0.3, 0.4) is 0 Å². The van der Waals surface area contributed by atoms with Crippen LogP contribution in [-0.2, 0) is 9.53 Å². The highest BCUT2D eigenvalue weighted by Crippen LogP contribution is 2.39. The average molecular weight is 312 g/mol. The van der Waals surface area contributed by atoms with Crippen LogP contribution in [0, 0.1) is 5.41 Å². The molecule has 0 unspecified atom stereocenters. The molecule has 0 radical (unpaired) electrons. The minimum atomic E-state index is -0.307. The zero-order chi connectivity index (χ0) is 16.4. The van der Waals surface area contributed by atoms with Crippen LogP contribution >= 0.6 is 0 Å². The first-order valence-corrected chi connectivity index (χ1v) is 8.28. The number of amides is 1. The maximum absolute atomic E-state index is 12.5. The summed E-state index contributed by atoms with van der Waals surface area (Å²) >= 11 is 0. The van der Waals surface area contributed by atoms with Crippen LogP contribution in [0.1, 0.15) is 39.0 Å². The molecular weight excluding hydrogens is 280 g/mol. The molecule has 1 saturated carbocycles. The second-order valence-corrected chi connectivity index (χ2v) is 6.16. The minimum Gasteiger partial charge on any atom is -0.385 e. The first kappa shape index (κ1) is 18.7. The van der Waals surface area contributed by atoms with Crippen LogP contribution in [0.5, 0.6) is 0 Å². The summed E-state index contributed by atoms with van der Waals surface area (Å²) in [6.45, 7) is 4.96. The molecule has 0 aromatic carbocycles. The van der Waals surface area contributed by atoms with Gasteiger partial charge in [-0.3, -0.25) is 9.79 Å². The Morgan fingerprint density at radius 3 is 2.50 bits per heavy atom. The number of aliphatic imine (C=N–C) groups is 1. The highest BCUT2D eigenvalue weighted by molar-refractivity contribution is 5.84. The van der Waals surface area contributed by atoms with Gasteiger partial charge in [0.1, 0.15) is 0 Å². The van der Waals surface area contributed by atoms with Crippen LogP contribution in [-0.4, -0.2) is 64.2 Å². The van der Waals surface area contributed by atoms with Gasteiger partial charge in [-0.2, -0.15) is 0 Å². The Balaban J connectivity index is 2.66. The lowest BCUT2D eigenvalue weighted by atomic mass is 9.85. The number of carbonyl (C=O) groups excluding carboxylic acids is 1. The predicted octanol–water partition coefficient (Wildman–Crippen LogP) is 1.23. The number of guanidine groups is 1.